The molecule has 2 fully saturated rings. The minimum atomic E-state index is -0.239. The summed E-state index contributed by atoms with van der Waals surface area (Å²) in [4.78, 5) is 37.6. The van der Waals surface area contributed by atoms with E-state index in [1.807, 2.05) is 47.7 Å². The number of likely N-dealkylation sites (N-methyl/N-ethyl adjacent to an activating group) is 1. The molecule has 2 bridgehead atoms. The average molecular weight is 519 g/mol. The molecule has 3 aliphatic heterocycles. The van der Waals surface area contributed by atoms with E-state index in [4.69, 9.17) is 20.6 Å². The average Bonchev–Trinajstić information content (AvgIpc) is 3.33. The summed E-state index contributed by atoms with van der Waals surface area (Å²) in [7, 11) is 1.97. The van der Waals surface area contributed by atoms with Crippen LogP contribution in [-0.2, 0) is 4.79 Å². The van der Waals surface area contributed by atoms with E-state index >= 15 is 0 Å². The molecular formula is C27H34N8O3. The predicted molar refractivity (Wildman–Crippen MR) is 144 cm³/mol. The number of nitrogens with one attached hydrogen (secondary N) is 1. The first-order chi connectivity index (χ1) is 18.4. The Morgan fingerprint density at radius 2 is 1.95 bits per heavy atom. The number of ether oxygens (including phenoxy) is 1. The van der Waals surface area contributed by atoms with Gasteiger partial charge in [-0.15, -0.1) is 0 Å². The molecule has 3 aromatic rings. The van der Waals surface area contributed by atoms with Crippen molar-refractivity contribution in [1.82, 2.24) is 24.8 Å². The Kier molecular flexibility index (Phi) is 6.30. The summed E-state index contributed by atoms with van der Waals surface area (Å²) < 4.78 is 7.71. The third kappa shape index (κ3) is 4.51. The number of hydrogen-bond acceptors (Lipinski definition) is 8. The van der Waals surface area contributed by atoms with Crippen LogP contribution < -0.4 is 25.6 Å². The van der Waals surface area contributed by atoms with Crippen molar-refractivity contribution in [2.75, 3.05) is 56.2 Å². The molecule has 200 valence electrons. The maximum atomic E-state index is 14.0. The lowest BCUT2D eigenvalue weighted by atomic mass is 9.97. The number of fused-ring (bicyclic) bond motifs is 4. The van der Waals surface area contributed by atoms with Crippen LogP contribution in [0, 0.1) is 6.92 Å². The van der Waals surface area contributed by atoms with Gasteiger partial charge in [0.05, 0.1) is 17.3 Å². The number of aryl methyl sites for hydroxylation is 1. The molecule has 2 amide bonds. The topological polar surface area (TPSA) is 121 Å². The molecule has 1 atom stereocenters. The first kappa shape index (κ1) is 24.5. The van der Waals surface area contributed by atoms with Gasteiger partial charge in [-0.05, 0) is 38.3 Å². The summed E-state index contributed by atoms with van der Waals surface area (Å²) in [5.74, 6) is 1.78. The van der Waals surface area contributed by atoms with Crippen molar-refractivity contribution in [3.63, 3.8) is 0 Å². The van der Waals surface area contributed by atoms with Crippen LogP contribution in [0.3, 0.4) is 0 Å². The molecule has 1 unspecified atom stereocenters. The van der Waals surface area contributed by atoms with Gasteiger partial charge in [-0.3, -0.25) is 9.59 Å². The Morgan fingerprint density at radius 3 is 2.76 bits per heavy atom. The fraction of sp³-hybridized carbons (Fsp3) is 0.481. The van der Waals surface area contributed by atoms with Crippen molar-refractivity contribution in [3.8, 4) is 5.75 Å². The maximum absolute atomic E-state index is 14.0. The molecule has 5 heterocycles. The Labute approximate surface area is 221 Å². The van der Waals surface area contributed by atoms with Gasteiger partial charge in [-0.25, -0.2) is 4.98 Å². The van der Waals surface area contributed by atoms with E-state index in [1.54, 1.807) is 6.07 Å². The molecule has 3 N–H and O–H groups in total. The van der Waals surface area contributed by atoms with Gasteiger partial charge in [0.2, 0.25) is 0 Å². The second kappa shape index (κ2) is 9.79. The van der Waals surface area contributed by atoms with Gasteiger partial charge in [0.25, 0.3) is 11.8 Å². The highest BCUT2D eigenvalue weighted by atomic mass is 16.5. The third-order valence-electron chi connectivity index (χ3n) is 7.64. The number of anilines is 2. The zero-order chi connectivity index (χ0) is 26.4. The van der Waals surface area contributed by atoms with Crippen molar-refractivity contribution >= 4 is 29.1 Å². The van der Waals surface area contributed by atoms with Crippen molar-refractivity contribution in [2.24, 2.45) is 5.73 Å². The van der Waals surface area contributed by atoms with E-state index in [2.05, 4.69) is 15.1 Å². The molecule has 11 nitrogen and oxygen atoms in total. The van der Waals surface area contributed by atoms with Crippen LogP contribution in [0.4, 0.5) is 11.6 Å². The van der Waals surface area contributed by atoms with Crippen LogP contribution in [0.2, 0.25) is 0 Å². The minimum Gasteiger partial charge on any atom is -0.483 e. The highest BCUT2D eigenvalue weighted by molar-refractivity contribution is 5.97. The van der Waals surface area contributed by atoms with Gasteiger partial charge < -0.3 is 30.5 Å². The molecule has 2 saturated heterocycles. The molecule has 11 heteroatoms. The summed E-state index contributed by atoms with van der Waals surface area (Å²) in [6.07, 6.45) is 2.75. The Bertz CT molecular complexity index is 1380. The molecule has 6 rings (SSSR count). The van der Waals surface area contributed by atoms with Crippen molar-refractivity contribution in [1.29, 1.82) is 0 Å². The van der Waals surface area contributed by atoms with Crippen LogP contribution in [0.5, 0.6) is 5.75 Å². The second-order valence-corrected chi connectivity index (χ2v) is 10.5. The number of benzene rings is 1. The lowest BCUT2D eigenvalue weighted by Crippen LogP contribution is -2.56. The fourth-order valence-electron chi connectivity index (χ4n) is 5.51. The van der Waals surface area contributed by atoms with Gasteiger partial charge in [0.1, 0.15) is 17.4 Å². The Morgan fingerprint density at radius 1 is 1.11 bits per heavy atom. The van der Waals surface area contributed by atoms with E-state index in [-0.39, 0.29) is 30.5 Å². The van der Waals surface area contributed by atoms with E-state index in [9.17, 15) is 9.59 Å². The number of nitrogens with zero attached hydrogens (tertiary/aromatic N) is 6. The number of carbonyl (C=O) groups excluding carboxylic acids is 2. The van der Waals surface area contributed by atoms with Gasteiger partial charge in [-0.1, -0.05) is 11.6 Å². The summed E-state index contributed by atoms with van der Waals surface area (Å²) >= 11 is 0. The van der Waals surface area contributed by atoms with Crippen LogP contribution >= 0.6 is 0 Å². The lowest BCUT2D eigenvalue weighted by Gasteiger charge is -2.38. The molecule has 3 aliphatic rings. The molecule has 0 spiro atoms. The quantitative estimate of drug-likeness (QED) is 0.497. The second-order valence-electron chi connectivity index (χ2n) is 10.5. The summed E-state index contributed by atoms with van der Waals surface area (Å²) in [6, 6.07) is 9.50. The van der Waals surface area contributed by atoms with Gasteiger partial charge in [0, 0.05) is 57.9 Å². The number of aromatic nitrogens is 3. The standard InChI is InChI=1S/C27H34N8O3/c1-17-6-7-22-19(11-17)27(37)34-9-4-3-5-21(34)20-12-24-30-23(33-14-18(28)15-33)13-26(35(24)31-20)32(2)10-8-29-25(36)16-38-22/h6-7,11-13,18,21H,3-5,8-10,14-16,28H2,1-2H3,(H,29,36). The number of amides is 2. The number of rotatable bonds is 1. The summed E-state index contributed by atoms with van der Waals surface area (Å²) in [5.41, 5.74) is 9.02. The predicted octanol–water partition coefficient (Wildman–Crippen LogP) is 1.50. The van der Waals surface area contributed by atoms with Crippen molar-refractivity contribution in [2.45, 2.75) is 38.3 Å². The smallest absolute Gasteiger partial charge is 0.258 e. The SMILES string of the molecule is Cc1ccc2c(c1)C(=O)N1CCCCC1c1cc3nc(N4CC(N)C4)cc(n3n1)N(C)CCNC(=O)CO2. The highest BCUT2D eigenvalue weighted by Crippen LogP contribution is 2.35. The summed E-state index contributed by atoms with van der Waals surface area (Å²) in [5, 5.41) is 7.92. The van der Waals surface area contributed by atoms with Crippen LogP contribution in [0.25, 0.3) is 5.65 Å². The zero-order valence-corrected chi connectivity index (χ0v) is 21.9. The van der Waals surface area contributed by atoms with Crippen LogP contribution in [0.15, 0.2) is 30.3 Å². The van der Waals surface area contributed by atoms with Crippen LogP contribution in [0.1, 0.15) is 46.9 Å². The van der Waals surface area contributed by atoms with Crippen molar-refractivity contribution < 1.29 is 14.3 Å². The first-order valence-electron chi connectivity index (χ1n) is 13.3. The third-order valence-corrected chi connectivity index (χ3v) is 7.64. The lowest BCUT2D eigenvalue weighted by molar-refractivity contribution is -0.123. The van der Waals surface area contributed by atoms with E-state index in [0.717, 1.165) is 60.9 Å². The van der Waals surface area contributed by atoms with E-state index in [0.29, 0.717) is 30.9 Å². The van der Waals surface area contributed by atoms with Gasteiger partial charge in [-0.2, -0.15) is 9.61 Å². The van der Waals surface area contributed by atoms with E-state index < -0.39 is 0 Å². The first-order valence-corrected chi connectivity index (χ1v) is 13.3. The Balaban J connectivity index is 1.46. The largest absolute Gasteiger partial charge is 0.483 e. The fourth-order valence-corrected chi connectivity index (χ4v) is 5.51. The molecule has 0 aliphatic carbocycles. The molecule has 0 saturated carbocycles. The Hall–Kier alpha value is -3.86. The monoisotopic (exact) mass is 518 g/mol. The molecule has 0 radical (unpaired) electrons. The number of piperidine rings is 1. The number of hydrogen-bond donors (Lipinski definition) is 2. The minimum absolute atomic E-state index is 0.112. The maximum Gasteiger partial charge on any atom is 0.258 e. The highest BCUT2D eigenvalue weighted by Gasteiger charge is 2.33. The summed E-state index contributed by atoms with van der Waals surface area (Å²) in [6.45, 7) is 4.93. The molecule has 38 heavy (non-hydrogen) atoms. The number of nitrogens with two attached hydrogens (primary N) is 1. The molecule has 2 aromatic heterocycles. The normalized spacial score (nSPS) is 21.1. The number of carbonyl (C=O) groups is 2. The van der Waals surface area contributed by atoms with Gasteiger partial charge in [0.15, 0.2) is 12.3 Å². The molecule has 1 aromatic carbocycles. The zero-order valence-electron chi connectivity index (χ0n) is 21.9. The van der Waals surface area contributed by atoms with Gasteiger partial charge >= 0.3 is 0 Å². The van der Waals surface area contributed by atoms with Crippen molar-refractivity contribution in [3.05, 3.63) is 47.2 Å². The van der Waals surface area contributed by atoms with Crippen LogP contribution in [-0.4, -0.2) is 83.7 Å². The van der Waals surface area contributed by atoms with E-state index in [1.165, 1.54) is 0 Å². The molecular weight excluding hydrogens is 484 g/mol.